The van der Waals surface area contributed by atoms with Crippen molar-refractivity contribution in [2.45, 2.75) is 0 Å². The van der Waals surface area contributed by atoms with Crippen LogP contribution in [0, 0.1) is 0 Å². The normalized spacial score (nSPS) is 10.8. The summed E-state index contributed by atoms with van der Waals surface area (Å²) in [6.45, 7) is 0. The molecule has 0 fully saturated rings. The van der Waals surface area contributed by atoms with Crippen molar-refractivity contribution in [3.05, 3.63) is 91.5 Å². The van der Waals surface area contributed by atoms with Crippen molar-refractivity contribution in [1.82, 2.24) is 29.5 Å². The van der Waals surface area contributed by atoms with Gasteiger partial charge in [-0.05, 0) is 42.5 Å². The number of methoxy groups -OCH3 is 1. The van der Waals surface area contributed by atoms with E-state index in [4.69, 9.17) is 4.74 Å². The number of rotatable bonds is 5. The third-order valence-corrected chi connectivity index (χ3v) is 4.67. The molecule has 1 aromatic carbocycles. The Morgan fingerprint density at radius 3 is 1.60 bits per heavy atom. The fourth-order valence-electron chi connectivity index (χ4n) is 3.19. The van der Waals surface area contributed by atoms with Crippen LogP contribution in [0.3, 0.4) is 0 Å². The zero-order valence-corrected chi connectivity index (χ0v) is 16.3. The first kappa shape index (κ1) is 17.8. The van der Waals surface area contributed by atoms with Gasteiger partial charge in [-0.15, -0.1) is 0 Å². The highest BCUT2D eigenvalue weighted by atomic mass is 16.5. The molecule has 0 saturated heterocycles. The van der Waals surface area contributed by atoms with Crippen LogP contribution in [0.2, 0.25) is 0 Å². The van der Waals surface area contributed by atoms with Crippen molar-refractivity contribution in [2.24, 2.45) is 0 Å². The van der Waals surface area contributed by atoms with Gasteiger partial charge in [0.2, 0.25) is 0 Å². The van der Waals surface area contributed by atoms with Crippen LogP contribution in [0.25, 0.3) is 34.2 Å². The maximum atomic E-state index is 5.51. The molecule has 0 N–H and O–H groups in total. The Morgan fingerprint density at radius 1 is 0.633 bits per heavy atom. The van der Waals surface area contributed by atoms with Crippen LogP contribution < -0.4 is 4.74 Å². The molecule has 0 unspecified atom stereocenters. The maximum Gasteiger partial charge on any atom is 0.123 e. The number of benzene rings is 1. The third kappa shape index (κ3) is 3.44. The van der Waals surface area contributed by atoms with Gasteiger partial charge in [0.25, 0.3) is 0 Å². The maximum absolute atomic E-state index is 5.51. The molecule has 4 aromatic heterocycles. The molecule has 0 spiro atoms. The molecule has 4 heterocycles. The molecule has 0 aliphatic heterocycles. The summed E-state index contributed by atoms with van der Waals surface area (Å²) in [7, 11) is 1.65. The minimum Gasteiger partial charge on any atom is -0.497 e. The second-order valence-corrected chi connectivity index (χ2v) is 6.61. The van der Waals surface area contributed by atoms with Crippen molar-refractivity contribution in [3.63, 3.8) is 0 Å². The van der Waals surface area contributed by atoms with Crippen LogP contribution in [0.5, 0.6) is 5.75 Å². The Kier molecular flexibility index (Phi) is 4.53. The van der Waals surface area contributed by atoms with E-state index in [0.29, 0.717) is 5.75 Å². The van der Waals surface area contributed by atoms with E-state index in [1.807, 2.05) is 79.1 Å². The number of ether oxygens (including phenoxy) is 1. The second-order valence-electron chi connectivity index (χ2n) is 6.61. The van der Waals surface area contributed by atoms with Gasteiger partial charge in [-0.3, -0.25) is 9.97 Å². The van der Waals surface area contributed by atoms with Gasteiger partial charge in [-0.2, -0.15) is 10.2 Å². The largest absolute Gasteiger partial charge is 0.497 e. The monoisotopic (exact) mass is 394 g/mol. The lowest BCUT2D eigenvalue weighted by molar-refractivity contribution is 0.414. The Bertz CT molecular complexity index is 1180. The lowest BCUT2D eigenvalue weighted by Crippen LogP contribution is -2.01. The molecular weight excluding hydrogens is 376 g/mol. The van der Waals surface area contributed by atoms with Gasteiger partial charge in [-0.25, -0.2) is 9.36 Å². The summed E-state index contributed by atoms with van der Waals surface area (Å²) in [4.78, 5) is 8.73. The Balaban J connectivity index is 1.52. The van der Waals surface area contributed by atoms with Gasteiger partial charge >= 0.3 is 0 Å². The van der Waals surface area contributed by atoms with Gasteiger partial charge in [-0.1, -0.05) is 12.1 Å². The summed E-state index contributed by atoms with van der Waals surface area (Å²) in [6, 6.07) is 21.3. The molecule has 0 amide bonds. The average molecular weight is 394 g/mol. The highest BCUT2D eigenvalue weighted by Gasteiger charge is 2.10. The Morgan fingerprint density at radius 2 is 1.17 bits per heavy atom. The van der Waals surface area contributed by atoms with E-state index in [0.717, 1.165) is 34.2 Å². The van der Waals surface area contributed by atoms with Crippen LogP contribution in [-0.2, 0) is 0 Å². The smallest absolute Gasteiger partial charge is 0.123 e. The zero-order chi connectivity index (χ0) is 20.3. The molecule has 0 aliphatic carbocycles. The Hall–Kier alpha value is -4.26. The number of aromatic nitrogens is 6. The molecule has 7 nitrogen and oxygen atoms in total. The fraction of sp³-hybridized carbons (Fsp3) is 0.0435. The topological polar surface area (TPSA) is 70.7 Å². The summed E-state index contributed by atoms with van der Waals surface area (Å²) in [5.74, 6) is 0.715. The molecule has 0 atom stereocenters. The quantitative estimate of drug-likeness (QED) is 0.447. The standard InChI is InChI=1S/C23H18N6O/c1-30-19-15-17(28-12-8-22(26-28)20-6-2-4-10-24-20)14-18(16-19)29-13-9-23(27-29)21-7-3-5-11-25-21/h2-16H,1H3. The van der Waals surface area contributed by atoms with Crippen LogP contribution in [-0.4, -0.2) is 36.6 Å². The lowest BCUT2D eigenvalue weighted by Gasteiger charge is -2.09. The van der Waals surface area contributed by atoms with E-state index >= 15 is 0 Å². The van der Waals surface area contributed by atoms with E-state index in [9.17, 15) is 0 Å². The van der Waals surface area contributed by atoms with Gasteiger partial charge in [0, 0.05) is 36.9 Å². The van der Waals surface area contributed by atoms with Gasteiger partial charge in [0.1, 0.15) is 17.1 Å². The molecule has 0 bridgehead atoms. The minimum absolute atomic E-state index is 0.715. The first-order valence-corrected chi connectivity index (χ1v) is 9.44. The van der Waals surface area contributed by atoms with Gasteiger partial charge in [0.15, 0.2) is 0 Å². The molecule has 30 heavy (non-hydrogen) atoms. The highest BCUT2D eigenvalue weighted by molar-refractivity contribution is 5.57. The third-order valence-electron chi connectivity index (χ3n) is 4.67. The van der Waals surface area contributed by atoms with Gasteiger partial charge in [0.05, 0.1) is 29.9 Å². The summed E-state index contributed by atoms with van der Waals surface area (Å²) < 4.78 is 9.12. The summed E-state index contributed by atoms with van der Waals surface area (Å²) in [5.41, 5.74) is 4.98. The van der Waals surface area contributed by atoms with Crippen LogP contribution in [0.1, 0.15) is 0 Å². The second kappa shape index (κ2) is 7.63. The number of pyridine rings is 2. The van der Waals surface area contributed by atoms with E-state index < -0.39 is 0 Å². The molecule has 5 aromatic rings. The average Bonchev–Trinajstić information content (AvgIpc) is 3.50. The van der Waals surface area contributed by atoms with E-state index in [2.05, 4.69) is 20.2 Å². The highest BCUT2D eigenvalue weighted by Crippen LogP contribution is 2.25. The Labute approximate surface area is 173 Å². The van der Waals surface area contributed by atoms with Gasteiger partial charge < -0.3 is 4.74 Å². The predicted molar refractivity (Wildman–Crippen MR) is 114 cm³/mol. The zero-order valence-electron chi connectivity index (χ0n) is 16.3. The fourth-order valence-corrected chi connectivity index (χ4v) is 3.19. The van der Waals surface area contributed by atoms with E-state index in [1.54, 1.807) is 28.9 Å². The number of hydrogen-bond acceptors (Lipinski definition) is 5. The van der Waals surface area contributed by atoms with E-state index in [-0.39, 0.29) is 0 Å². The first-order chi connectivity index (χ1) is 14.8. The van der Waals surface area contributed by atoms with Crippen molar-refractivity contribution in [3.8, 4) is 39.9 Å². The van der Waals surface area contributed by atoms with Crippen molar-refractivity contribution >= 4 is 0 Å². The van der Waals surface area contributed by atoms with Crippen molar-refractivity contribution < 1.29 is 4.74 Å². The van der Waals surface area contributed by atoms with Crippen molar-refractivity contribution in [1.29, 1.82) is 0 Å². The summed E-state index contributed by atoms with van der Waals surface area (Å²) >= 11 is 0. The van der Waals surface area contributed by atoms with Crippen LogP contribution in [0.15, 0.2) is 91.5 Å². The number of nitrogens with zero attached hydrogens (tertiary/aromatic N) is 6. The molecule has 5 rings (SSSR count). The molecule has 146 valence electrons. The molecule has 0 saturated carbocycles. The molecular formula is C23H18N6O. The van der Waals surface area contributed by atoms with Crippen LogP contribution >= 0.6 is 0 Å². The van der Waals surface area contributed by atoms with Crippen LogP contribution in [0.4, 0.5) is 0 Å². The van der Waals surface area contributed by atoms with E-state index in [1.165, 1.54) is 0 Å². The first-order valence-electron chi connectivity index (χ1n) is 9.44. The molecule has 0 radical (unpaired) electrons. The summed E-state index contributed by atoms with van der Waals surface area (Å²) in [6.07, 6.45) is 7.33. The molecule has 7 heteroatoms. The summed E-state index contributed by atoms with van der Waals surface area (Å²) in [5, 5.41) is 9.35. The molecule has 0 aliphatic rings. The minimum atomic E-state index is 0.715. The number of hydrogen-bond donors (Lipinski definition) is 0. The van der Waals surface area contributed by atoms with Crippen molar-refractivity contribution in [2.75, 3.05) is 7.11 Å². The SMILES string of the molecule is COc1cc(-n2ccc(-c3ccccn3)n2)cc(-n2ccc(-c3ccccn3)n2)c1. The lowest BCUT2D eigenvalue weighted by atomic mass is 10.2. The predicted octanol–water partition coefficient (Wildman–Crippen LogP) is 4.19.